The molecule has 1 unspecified atom stereocenters. The molecule has 0 aromatic carbocycles. The van der Waals surface area contributed by atoms with E-state index in [1.165, 1.54) is 19.5 Å². The van der Waals surface area contributed by atoms with Gasteiger partial charge in [-0.15, -0.1) is 0 Å². The van der Waals surface area contributed by atoms with Crippen molar-refractivity contribution in [2.75, 3.05) is 26.2 Å². The molecule has 0 aromatic heterocycles. The molecule has 4 bridgehead atoms. The predicted molar refractivity (Wildman–Crippen MR) is 64.8 cm³/mol. The molecule has 4 fully saturated rings. The van der Waals surface area contributed by atoms with E-state index in [2.05, 4.69) is 4.90 Å². The Hall–Kier alpha value is -0.770. The second-order valence-corrected chi connectivity index (χ2v) is 6.67. The van der Waals surface area contributed by atoms with Crippen LogP contribution < -0.4 is 0 Å². The molecule has 96 valence electrons. The number of fused-ring (bicyclic) bond motifs is 1. The molecule has 0 radical (unpaired) electrons. The van der Waals surface area contributed by atoms with Crippen molar-refractivity contribution in [2.24, 2.45) is 11.8 Å². The maximum absolute atomic E-state index is 12.2. The Bertz CT molecular complexity index is 337. The molecule has 0 spiro atoms. The highest BCUT2D eigenvalue weighted by atomic mass is 16.6. The van der Waals surface area contributed by atoms with Crippen molar-refractivity contribution in [3.8, 4) is 0 Å². The summed E-state index contributed by atoms with van der Waals surface area (Å²) >= 11 is 0. The van der Waals surface area contributed by atoms with Gasteiger partial charge in [-0.05, 0) is 45.6 Å². The second-order valence-electron chi connectivity index (χ2n) is 6.67. The fraction of sp³-hybridized carbons (Fsp3) is 0.923. The zero-order chi connectivity index (χ0) is 12.2. The molecule has 4 aliphatic heterocycles. The van der Waals surface area contributed by atoms with E-state index < -0.39 is 0 Å². The normalized spacial score (nSPS) is 39.6. The summed E-state index contributed by atoms with van der Waals surface area (Å²) in [5.41, 5.74) is -0.382. The summed E-state index contributed by atoms with van der Waals surface area (Å²) in [4.78, 5) is 16.7. The molecule has 1 amide bonds. The molecule has 4 rings (SSSR count). The van der Waals surface area contributed by atoms with Crippen LogP contribution in [0.3, 0.4) is 0 Å². The summed E-state index contributed by atoms with van der Waals surface area (Å²) in [7, 11) is 0. The molecule has 4 heterocycles. The Labute approximate surface area is 103 Å². The van der Waals surface area contributed by atoms with Crippen molar-refractivity contribution < 1.29 is 9.53 Å². The van der Waals surface area contributed by atoms with Gasteiger partial charge in [0, 0.05) is 19.6 Å². The molecule has 0 saturated carbocycles. The number of carbonyl (C=O) groups is 1. The highest BCUT2D eigenvalue weighted by Gasteiger charge is 2.51. The predicted octanol–water partition coefficient (Wildman–Crippen LogP) is 1.56. The Morgan fingerprint density at radius 3 is 2.59 bits per heavy atom. The van der Waals surface area contributed by atoms with Crippen LogP contribution in [-0.4, -0.2) is 53.7 Å². The zero-order valence-corrected chi connectivity index (χ0v) is 11.0. The second kappa shape index (κ2) is 3.61. The lowest BCUT2D eigenvalue weighted by molar-refractivity contribution is 0.00840. The smallest absolute Gasteiger partial charge is 0.410 e. The van der Waals surface area contributed by atoms with Gasteiger partial charge in [0.1, 0.15) is 5.60 Å². The van der Waals surface area contributed by atoms with Gasteiger partial charge in [0.15, 0.2) is 0 Å². The number of nitrogens with zero attached hydrogens (tertiary/aromatic N) is 2. The van der Waals surface area contributed by atoms with Crippen LogP contribution in [0.1, 0.15) is 27.2 Å². The van der Waals surface area contributed by atoms with Crippen LogP contribution in [0.2, 0.25) is 0 Å². The van der Waals surface area contributed by atoms with Crippen LogP contribution in [0, 0.1) is 11.8 Å². The molecular weight excluding hydrogens is 216 g/mol. The highest BCUT2D eigenvalue weighted by Crippen LogP contribution is 2.41. The van der Waals surface area contributed by atoms with Gasteiger partial charge >= 0.3 is 6.09 Å². The average molecular weight is 238 g/mol. The molecule has 4 aliphatic rings. The van der Waals surface area contributed by atoms with Crippen LogP contribution in [0.25, 0.3) is 0 Å². The lowest BCUT2D eigenvalue weighted by atomic mass is 9.80. The Morgan fingerprint density at radius 1 is 1.24 bits per heavy atom. The fourth-order valence-corrected chi connectivity index (χ4v) is 3.64. The third-order valence-corrected chi connectivity index (χ3v) is 4.28. The number of hydrogen-bond acceptors (Lipinski definition) is 3. The van der Waals surface area contributed by atoms with E-state index in [9.17, 15) is 4.79 Å². The van der Waals surface area contributed by atoms with Crippen LogP contribution >= 0.6 is 0 Å². The summed E-state index contributed by atoms with van der Waals surface area (Å²) in [6, 6.07) is 0.414. The minimum absolute atomic E-state index is 0.112. The molecule has 4 atom stereocenters. The third-order valence-electron chi connectivity index (χ3n) is 4.28. The van der Waals surface area contributed by atoms with E-state index in [0.29, 0.717) is 12.0 Å². The van der Waals surface area contributed by atoms with Gasteiger partial charge in [-0.3, -0.25) is 0 Å². The van der Waals surface area contributed by atoms with Crippen LogP contribution in [-0.2, 0) is 4.74 Å². The third kappa shape index (κ3) is 1.92. The molecular formula is C13H22N2O2. The van der Waals surface area contributed by atoms with Crippen molar-refractivity contribution in [2.45, 2.75) is 38.8 Å². The van der Waals surface area contributed by atoms with Crippen molar-refractivity contribution in [1.82, 2.24) is 9.80 Å². The van der Waals surface area contributed by atoms with Crippen LogP contribution in [0.5, 0.6) is 0 Å². The zero-order valence-electron chi connectivity index (χ0n) is 11.0. The van der Waals surface area contributed by atoms with Crippen molar-refractivity contribution in [3.05, 3.63) is 0 Å². The Morgan fingerprint density at radius 2 is 2.00 bits per heavy atom. The first-order chi connectivity index (χ1) is 7.94. The van der Waals surface area contributed by atoms with Gasteiger partial charge in [-0.2, -0.15) is 0 Å². The lowest BCUT2D eigenvalue weighted by Crippen LogP contribution is -2.54. The number of ether oxygens (including phenoxy) is 1. The largest absolute Gasteiger partial charge is 0.444 e. The molecule has 4 saturated heterocycles. The monoisotopic (exact) mass is 238 g/mol. The lowest BCUT2D eigenvalue weighted by Gasteiger charge is -2.44. The molecule has 4 heteroatoms. The van der Waals surface area contributed by atoms with E-state index in [1.54, 1.807) is 0 Å². The van der Waals surface area contributed by atoms with E-state index in [4.69, 9.17) is 4.74 Å². The van der Waals surface area contributed by atoms with Crippen LogP contribution in [0.4, 0.5) is 4.79 Å². The topological polar surface area (TPSA) is 32.8 Å². The minimum Gasteiger partial charge on any atom is -0.444 e. The summed E-state index contributed by atoms with van der Waals surface area (Å²) < 4.78 is 5.51. The summed E-state index contributed by atoms with van der Waals surface area (Å²) in [6.07, 6.45) is 1.15. The maximum atomic E-state index is 12.2. The maximum Gasteiger partial charge on any atom is 0.410 e. The van der Waals surface area contributed by atoms with Gasteiger partial charge in [-0.1, -0.05) is 0 Å². The van der Waals surface area contributed by atoms with Gasteiger partial charge < -0.3 is 14.5 Å². The molecule has 0 N–H and O–H groups in total. The van der Waals surface area contributed by atoms with E-state index in [1.807, 2.05) is 25.7 Å². The average Bonchev–Trinajstić information content (AvgIpc) is 2.49. The number of carbonyl (C=O) groups excluding carboxylic acids is 1. The summed E-state index contributed by atoms with van der Waals surface area (Å²) in [5, 5.41) is 0. The van der Waals surface area contributed by atoms with Crippen molar-refractivity contribution in [1.29, 1.82) is 0 Å². The minimum atomic E-state index is -0.382. The molecule has 0 aromatic rings. The van der Waals surface area contributed by atoms with Gasteiger partial charge in [0.25, 0.3) is 0 Å². The van der Waals surface area contributed by atoms with Crippen molar-refractivity contribution in [3.63, 3.8) is 0 Å². The fourth-order valence-electron chi connectivity index (χ4n) is 3.64. The van der Waals surface area contributed by atoms with E-state index in [0.717, 1.165) is 19.0 Å². The van der Waals surface area contributed by atoms with Gasteiger partial charge in [-0.25, -0.2) is 4.79 Å². The van der Waals surface area contributed by atoms with Gasteiger partial charge in [0.05, 0.1) is 6.04 Å². The highest BCUT2D eigenvalue weighted by molar-refractivity contribution is 5.69. The first-order valence-corrected chi connectivity index (χ1v) is 6.66. The molecule has 0 aliphatic carbocycles. The van der Waals surface area contributed by atoms with Crippen molar-refractivity contribution >= 4 is 6.09 Å². The number of likely N-dealkylation sites (tertiary alicyclic amines) is 1. The number of rotatable bonds is 0. The van der Waals surface area contributed by atoms with Gasteiger partial charge in [0.2, 0.25) is 0 Å². The number of amides is 1. The summed E-state index contributed by atoms with van der Waals surface area (Å²) in [6.45, 7) is 10.2. The standard InChI is InChI=1S/C13H22N2O2/c1-13(2,3)17-12(16)15-7-9-6-14-5-4-10(9)11(15)8-14/h9-11H,4-8H2,1-3H3/t9-,10-,11-/m1/s1. The van der Waals surface area contributed by atoms with E-state index in [-0.39, 0.29) is 11.7 Å². The Balaban J connectivity index is 1.72. The number of hydrogen-bond donors (Lipinski definition) is 0. The Kier molecular flexibility index (Phi) is 2.41. The summed E-state index contributed by atoms with van der Waals surface area (Å²) in [5.74, 6) is 1.42. The van der Waals surface area contributed by atoms with E-state index >= 15 is 0 Å². The quantitative estimate of drug-likeness (QED) is 0.642. The molecule has 4 nitrogen and oxygen atoms in total. The first kappa shape index (κ1) is 11.3. The molecule has 17 heavy (non-hydrogen) atoms. The number of piperidine rings is 3. The van der Waals surface area contributed by atoms with Crippen LogP contribution in [0.15, 0.2) is 0 Å². The SMILES string of the molecule is CC(C)(C)OC(=O)N1C[C@H]2CN3CC[C@H]2[C@H]1C3. The first-order valence-electron chi connectivity index (χ1n) is 6.66.